The molecule has 4 aliphatic heterocycles. The molecule has 10 rings (SSSR count). The van der Waals surface area contributed by atoms with Crippen molar-refractivity contribution in [1.29, 1.82) is 0 Å². The number of rotatable bonds is 10. The van der Waals surface area contributed by atoms with Gasteiger partial charge >= 0.3 is 12.0 Å². The number of nitrogens with zero attached hydrogens (tertiary/aromatic N) is 6. The first kappa shape index (κ1) is 42.5. The molecule has 334 valence electrons. The lowest BCUT2D eigenvalue weighted by Crippen LogP contribution is -2.59. The van der Waals surface area contributed by atoms with Crippen LogP contribution >= 0.6 is 0 Å². The summed E-state index contributed by atoms with van der Waals surface area (Å²) in [6, 6.07) is 40.5. The fourth-order valence-electron chi connectivity index (χ4n) is 10.6. The summed E-state index contributed by atoms with van der Waals surface area (Å²) >= 11 is 0. The Hall–Kier alpha value is -7.42. The molecule has 0 aliphatic carbocycles. The predicted molar refractivity (Wildman–Crippen MR) is 245 cm³/mol. The summed E-state index contributed by atoms with van der Waals surface area (Å²) in [5.41, 5.74) is 1.79. The molecule has 4 aliphatic rings. The molecular formula is C52H49N7O7. The third-order valence-corrected chi connectivity index (χ3v) is 13.4. The maximum atomic E-state index is 16.5. The van der Waals surface area contributed by atoms with Crippen LogP contribution in [0.3, 0.4) is 0 Å². The van der Waals surface area contributed by atoms with Gasteiger partial charge in [0.2, 0.25) is 17.8 Å². The van der Waals surface area contributed by atoms with Crippen molar-refractivity contribution in [3.63, 3.8) is 0 Å². The average Bonchev–Trinajstić information content (AvgIpc) is 3.83. The van der Waals surface area contributed by atoms with Crippen molar-refractivity contribution >= 4 is 35.5 Å². The average molecular weight is 884 g/mol. The van der Waals surface area contributed by atoms with Crippen LogP contribution in [0.2, 0.25) is 0 Å². The monoisotopic (exact) mass is 883 g/mol. The second-order valence-electron chi connectivity index (χ2n) is 17.0. The number of anilines is 2. The molecule has 0 unspecified atom stereocenters. The van der Waals surface area contributed by atoms with E-state index in [1.54, 1.807) is 65.8 Å². The molecule has 4 amide bonds. The fourth-order valence-corrected chi connectivity index (χ4v) is 10.6. The Kier molecular flexibility index (Phi) is 11.5. The maximum Gasteiger partial charge on any atom is 0.329 e. The topological polar surface area (TPSA) is 158 Å². The summed E-state index contributed by atoms with van der Waals surface area (Å²) < 4.78 is 12.6. The first-order chi connectivity index (χ1) is 32.3. The number of nitrogens with one attached hydrogen (secondary N) is 1. The van der Waals surface area contributed by atoms with E-state index in [0.717, 1.165) is 21.6 Å². The van der Waals surface area contributed by atoms with E-state index in [9.17, 15) is 9.90 Å². The lowest BCUT2D eigenvalue weighted by molar-refractivity contribution is -0.179. The van der Waals surface area contributed by atoms with Crippen molar-refractivity contribution in [2.24, 2.45) is 5.92 Å². The maximum absolute atomic E-state index is 16.5. The van der Waals surface area contributed by atoms with Crippen LogP contribution in [0.1, 0.15) is 59.0 Å². The van der Waals surface area contributed by atoms with Crippen molar-refractivity contribution in [3.05, 3.63) is 186 Å². The Balaban J connectivity index is 1.20. The van der Waals surface area contributed by atoms with E-state index in [0.29, 0.717) is 41.6 Å². The smallest absolute Gasteiger partial charge is 0.329 e. The summed E-state index contributed by atoms with van der Waals surface area (Å²) in [6.45, 7) is 2.94. The van der Waals surface area contributed by atoms with Gasteiger partial charge in [-0.25, -0.2) is 19.7 Å². The zero-order chi connectivity index (χ0) is 45.4. The van der Waals surface area contributed by atoms with E-state index < -0.39 is 65.4 Å². The van der Waals surface area contributed by atoms with Gasteiger partial charge < -0.3 is 29.7 Å². The normalized spacial score (nSPS) is 24.1. The number of aromatic nitrogens is 2. The quantitative estimate of drug-likeness (QED) is 0.148. The van der Waals surface area contributed by atoms with E-state index >= 15 is 14.4 Å². The molecule has 1 spiro atoms. The van der Waals surface area contributed by atoms with Gasteiger partial charge in [-0.15, -0.1) is 0 Å². The Bertz CT molecular complexity index is 2720. The summed E-state index contributed by atoms with van der Waals surface area (Å²) in [4.78, 5) is 78.7. The number of esters is 1. The number of urea groups is 1. The fraction of sp³-hybridized carbons (Fsp3) is 0.269. The van der Waals surface area contributed by atoms with Crippen LogP contribution in [0.4, 0.5) is 16.4 Å². The highest BCUT2D eigenvalue weighted by Crippen LogP contribution is 2.66. The standard InChI is InChI=1S/C52H49N7O7/c1-34(35-15-5-2-6-16-35)55-51(64)58-41-24-12-11-23-40(41)52(49(58)63)42(47(61)56-27-29-57(30-28-56)50-53-25-14-26-54-50)44-48(62)66-45(37-19-9-4-10-20-37)43(36-17-7-3-8-18-36)59(44)46(52)38-21-13-22-39(33-38)65-32-31-60/h2-26,33-34,42-46,60H,27-32H2,1H3,(H,55,64)/t34-,42+,43+,44+,45-,46-,52+/m1/s1. The highest BCUT2D eigenvalue weighted by Gasteiger charge is 2.76. The lowest BCUT2D eigenvalue weighted by atomic mass is 9.65. The number of benzene rings is 5. The van der Waals surface area contributed by atoms with Gasteiger partial charge in [-0.2, -0.15) is 0 Å². The van der Waals surface area contributed by atoms with Gasteiger partial charge in [0.1, 0.15) is 29.9 Å². The molecule has 7 atom stereocenters. The Morgan fingerprint density at radius 2 is 1.41 bits per heavy atom. The molecule has 14 heteroatoms. The molecule has 14 nitrogen and oxygen atoms in total. The number of piperazine rings is 1. The first-order valence-corrected chi connectivity index (χ1v) is 22.3. The number of carbonyl (C=O) groups is 4. The van der Waals surface area contributed by atoms with Gasteiger partial charge in [0.05, 0.1) is 36.3 Å². The van der Waals surface area contributed by atoms with Crippen molar-refractivity contribution in [1.82, 2.24) is 25.1 Å². The molecule has 6 aromatic rings. The van der Waals surface area contributed by atoms with Gasteiger partial charge in [-0.1, -0.05) is 121 Å². The number of aliphatic hydroxyl groups is 1. The number of morpholine rings is 1. The lowest BCUT2D eigenvalue weighted by Gasteiger charge is -2.46. The van der Waals surface area contributed by atoms with Crippen molar-refractivity contribution in [3.8, 4) is 5.75 Å². The minimum absolute atomic E-state index is 0.0110. The number of ether oxygens (including phenoxy) is 2. The molecule has 3 fully saturated rings. The second-order valence-corrected chi connectivity index (χ2v) is 17.0. The molecule has 1 aromatic heterocycles. The predicted octanol–water partition coefficient (Wildman–Crippen LogP) is 6.33. The molecule has 0 saturated carbocycles. The van der Waals surface area contributed by atoms with Crippen molar-refractivity contribution < 1.29 is 33.8 Å². The third kappa shape index (κ3) is 7.22. The van der Waals surface area contributed by atoms with E-state index in [4.69, 9.17) is 9.47 Å². The van der Waals surface area contributed by atoms with E-state index in [2.05, 4.69) is 15.3 Å². The first-order valence-electron chi connectivity index (χ1n) is 22.3. The Morgan fingerprint density at radius 1 is 0.773 bits per heavy atom. The largest absolute Gasteiger partial charge is 0.491 e. The van der Waals surface area contributed by atoms with Gasteiger partial charge in [0, 0.05) is 38.6 Å². The molecular weight excluding hydrogens is 835 g/mol. The molecule has 5 aromatic carbocycles. The van der Waals surface area contributed by atoms with E-state index in [-0.39, 0.29) is 26.3 Å². The van der Waals surface area contributed by atoms with Crippen LogP contribution < -0.4 is 19.9 Å². The zero-order valence-electron chi connectivity index (χ0n) is 36.3. The number of hydrogen-bond donors (Lipinski definition) is 2. The number of para-hydroxylation sites is 1. The van der Waals surface area contributed by atoms with Gasteiger partial charge in [0.25, 0.3) is 0 Å². The number of hydrogen-bond acceptors (Lipinski definition) is 11. The Morgan fingerprint density at radius 3 is 2.11 bits per heavy atom. The van der Waals surface area contributed by atoms with Crippen LogP contribution in [0.5, 0.6) is 5.75 Å². The molecule has 0 bridgehead atoms. The molecule has 66 heavy (non-hydrogen) atoms. The molecule has 5 heterocycles. The van der Waals surface area contributed by atoms with Crippen LogP contribution in [0.25, 0.3) is 0 Å². The van der Waals surface area contributed by atoms with Crippen LogP contribution in [0.15, 0.2) is 158 Å². The van der Waals surface area contributed by atoms with E-state index in [1.807, 2.05) is 114 Å². The number of cyclic esters (lactones) is 1. The van der Waals surface area contributed by atoms with Crippen LogP contribution in [0, 0.1) is 5.92 Å². The number of amides is 4. The van der Waals surface area contributed by atoms with Gasteiger partial charge in [-0.05, 0) is 59.0 Å². The summed E-state index contributed by atoms with van der Waals surface area (Å²) in [5.74, 6) is -2.16. The number of carbonyl (C=O) groups excluding carboxylic acids is 4. The van der Waals surface area contributed by atoms with Crippen molar-refractivity contribution in [2.75, 3.05) is 49.2 Å². The van der Waals surface area contributed by atoms with Gasteiger partial charge in [0.15, 0.2) is 0 Å². The highest BCUT2D eigenvalue weighted by atomic mass is 16.6. The molecule has 2 N–H and O–H groups in total. The summed E-state index contributed by atoms with van der Waals surface area (Å²) in [5, 5.41) is 12.9. The number of aliphatic hydroxyl groups excluding tert-OH is 1. The van der Waals surface area contributed by atoms with E-state index in [1.165, 1.54) is 0 Å². The zero-order valence-corrected chi connectivity index (χ0v) is 36.3. The Labute approximate surface area is 382 Å². The van der Waals surface area contributed by atoms with Crippen LogP contribution in [-0.4, -0.2) is 94.1 Å². The summed E-state index contributed by atoms with van der Waals surface area (Å²) in [7, 11) is 0. The number of imide groups is 1. The number of fused-ring (bicyclic) bond motifs is 3. The van der Waals surface area contributed by atoms with Gasteiger partial charge in [-0.3, -0.25) is 19.3 Å². The molecule has 0 radical (unpaired) electrons. The minimum Gasteiger partial charge on any atom is -0.491 e. The summed E-state index contributed by atoms with van der Waals surface area (Å²) in [6.07, 6.45) is 2.48. The molecule has 3 saturated heterocycles. The highest BCUT2D eigenvalue weighted by molar-refractivity contribution is 6.24. The third-order valence-electron chi connectivity index (χ3n) is 13.4. The van der Waals surface area contributed by atoms with Crippen molar-refractivity contribution in [2.45, 2.75) is 42.6 Å². The van der Waals surface area contributed by atoms with Crippen LogP contribution in [-0.2, 0) is 24.5 Å². The minimum atomic E-state index is -1.89. The second kappa shape index (κ2) is 17.9. The SMILES string of the molecule is C[C@@H](NC(=O)N1C(=O)[C@@]2(c3ccccc31)[C@H](C(=O)N1CCN(c3ncccn3)CC1)[C@H]1C(=O)O[C@H](c3ccccc3)[C@H](c3ccccc3)N1[C@@H]2c1cccc(OCCO)c1)c1ccccc1.